The molecule has 0 radical (unpaired) electrons. The van der Waals surface area contributed by atoms with Crippen LogP contribution in [0, 0.1) is 5.92 Å². The van der Waals surface area contributed by atoms with Crippen LogP contribution in [0.3, 0.4) is 0 Å². The summed E-state index contributed by atoms with van der Waals surface area (Å²) in [6.45, 7) is 11.0. The van der Waals surface area contributed by atoms with Crippen LogP contribution in [0.25, 0.3) is 0 Å². The Morgan fingerprint density at radius 1 is 1.50 bits per heavy atom. The van der Waals surface area contributed by atoms with Crippen LogP contribution >= 0.6 is 23.1 Å². The van der Waals surface area contributed by atoms with Gasteiger partial charge in [-0.15, -0.1) is 11.3 Å². The molecule has 100 valence electrons. The second-order valence-electron chi connectivity index (χ2n) is 5.76. The van der Waals surface area contributed by atoms with Crippen molar-refractivity contribution in [2.45, 2.75) is 38.4 Å². The Bertz CT molecular complexity index is 407. The third-order valence-corrected chi connectivity index (χ3v) is 6.02. The van der Waals surface area contributed by atoms with Gasteiger partial charge in [-0.05, 0) is 17.4 Å². The van der Waals surface area contributed by atoms with E-state index in [1.807, 2.05) is 23.1 Å². The van der Waals surface area contributed by atoms with Crippen molar-refractivity contribution in [3.63, 3.8) is 0 Å². The maximum atomic E-state index is 4.59. The summed E-state index contributed by atoms with van der Waals surface area (Å²) in [5.74, 6) is 0.698. The van der Waals surface area contributed by atoms with E-state index in [2.05, 4.69) is 55.5 Å². The van der Waals surface area contributed by atoms with Gasteiger partial charge in [-0.3, -0.25) is 4.99 Å². The molecule has 0 spiro atoms. The number of hydrogen-bond donors (Lipinski definition) is 1. The first-order chi connectivity index (χ1) is 8.49. The van der Waals surface area contributed by atoms with E-state index < -0.39 is 0 Å². The number of thiophene rings is 1. The summed E-state index contributed by atoms with van der Waals surface area (Å²) in [6.07, 6.45) is 0. The molecule has 1 aliphatic rings. The van der Waals surface area contributed by atoms with E-state index in [0.29, 0.717) is 11.2 Å². The van der Waals surface area contributed by atoms with Gasteiger partial charge < -0.3 is 5.32 Å². The highest BCUT2D eigenvalue weighted by molar-refractivity contribution is 8.14. The Morgan fingerprint density at radius 3 is 2.83 bits per heavy atom. The predicted octanol–water partition coefficient (Wildman–Crippen LogP) is 3.74. The zero-order chi connectivity index (χ0) is 13.2. The van der Waals surface area contributed by atoms with Crippen molar-refractivity contribution in [2.24, 2.45) is 10.9 Å². The zero-order valence-electron chi connectivity index (χ0n) is 11.6. The van der Waals surface area contributed by atoms with Crippen molar-refractivity contribution in [1.82, 2.24) is 5.32 Å². The van der Waals surface area contributed by atoms with Crippen LogP contribution in [0.4, 0.5) is 0 Å². The normalized spacial score (nSPS) is 20.3. The van der Waals surface area contributed by atoms with E-state index in [9.17, 15) is 0 Å². The van der Waals surface area contributed by atoms with Crippen molar-refractivity contribution >= 4 is 28.3 Å². The molecule has 0 aromatic carbocycles. The topological polar surface area (TPSA) is 24.4 Å². The maximum absolute atomic E-state index is 4.59. The third kappa shape index (κ3) is 3.29. The molecule has 0 fully saturated rings. The summed E-state index contributed by atoms with van der Waals surface area (Å²) >= 11 is 3.73. The van der Waals surface area contributed by atoms with Crippen LogP contribution in [0.1, 0.15) is 32.6 Å². The molecule has 0 saturated heterocycles. The van der Waals surface area contributed by atoms with Gasteiger partial charge in [-0.1, -0.05) is 45.5 Å². The number of thioether (sulfide) groups is 1. The van der Waals surface area contributed by atoms with E-state index >= 15 is 0 Å². The Balaban J connectivity index is 1.86. The summed E-state index contributed by atoms with van der Waals surface area (Å²) in [7, 11) is 0. The Labute approximate surface area is 118 Å². The number of amidine groups is 1. The number of aliphatic imine (C=N–C) groups is 1. The monoisotopic (exact) mass is 282 g/mol. The molecule has 1 aliphatic heterocycles. The van der Waals surface area contributed by atoms with Crippen molar-refractivity contribution in [3.8, 4) is 0 Å². The van der Waals surface area contributed by atoms with Gasteiger partial charge in [0.25, 0.3) is 0 Å². The lowest BCUT2D eigenvalue weighted by Gasteiger charge is -2.24. The van der Waals surface area contributed by atoms with Gasteiger partial charge in [0, 0.05) is 22.1 Å². The molecule has 1 N–H and O–H groups in total. The molecule has 0 aliphatic carbocycles. The van der Waals surface area contributed by atoms with E-state index in [1.165, 1.54) is 4.88 Å². The summed E-state index contributed by atoms with van der Waals surface area (Å²) in [6, 6.07) is 4.34. The molecule has 1 aromatic heterocycles. The number of nitrogens with one attached hydrogen (secondary N) is 1. The van der Waals surface area contributed by atoms with Gasteiger partial charge in [-0.25, -0.2) is 0 Å². The molecule has 2 nitrogen and oxygen atoms in total. The molecular formula is C14H22N2S2. The Kier molecular flexibility index (Phi) is 4.38. The lowest BCUT2D eigenvalue weighted by Crippen LogP contribution is -2.34. The van der Waals surface area contributed by atoms with Crippen molar-refractivity contribution in [1.29, 1.82) is 0 Å². The standard InChI is InChI=1S/C14H22N2S2/c1-10(2)11-8-15-13(18-11)16-9-14(3,4)12-6-5-7-17-12/h5-7,10-11H,8-9H2,1-4H3,(H,15,16). The lowest BCUT2D eigenvalue weighted by atomic mass is 9.92. The molecule has 0 saturated carbocycles. The predicted molar refractivity (Wildman–Crippen MR) is 83.9 cm³/mol. The van der Waals surface area contributed by atoms with Crippen LogP contribution < -0.4 is 5.32 Å². The van der Waals surface area contributed by atoms with Gasteiger partial charge in [0.2, 0.25) is 0 Å². The maximum Gasteiger partial charge on any atom is 0.156 e. The summed E-state index contributed by atoms with van der Waals surface area (Å²) in [5.41, 5.74) is 0.174. The molecule has 18 heavy (non-hydrogen) atoms. The molecule has 0 amide bonds. The first-order valence-electron chi connectivity index (χ1n) is 6.48. The number of rotatable bonds is 4. The molecule has 1 atom stereocenters. The molecule has 1 unspecified atom stereocenters. The van der Waals surface area contributed by atoms with Crippen LogP contribution in [-0.2, 0) is 5.41 Å². The van der Waals surface area contributed by atoms with E-state index in [4.69, 9.17) is 0 Å². The second kappa shape index (κ2) is 5.66. The molecular weight excluding hydrogens is 260 g/mol. The van der Waals surface area contributed by atoms with Crippen molar-refractivity contribution < 1.29 is 0 Å². The van der Waals surface area contributed by atoms with Crippen LogP contribution in [0.2, 0.25) is 0 Å². The van der Waals surface area contributed by atoms with Crippen molar-refractivity contribution in [2.75, 3.05) is 13.1 Å². The SMILES string of the molecule is CC(C)C1CN=C(NCC(C)(C)c2cccs2)S1. The highest BCUT2D eigenvalue weighted by Crippen LogP contribution is 2.29. The Hall–Kier alpha value is -0.480. The fourth-order valence-corrected chi connectivity index (χ4v) is 3.75. The average molecular weight is 282 g/mol. The minimum atomic E-state index is 0.174. The van der Waals surface area contributed by atoms with Crippen LogP contribution in [0.5, 0.6) is 0 Å². The summed E-state index contributed by atoms with van der Waals surface area (Å²) in [5, 5.41) is 7.43. The second-order valence-corrected chi connectivity index (χ2v) is 7.94. The van der Waals surface area contributed by atoms with Crippen LogP contribution in [0.15, 0.2) is 22.5 Å². The fourth-order valence-electron chi connectivity index (χ4n) is 1.88. The number of hydrogen-bond acceptors (Lipinski definition) is 4. The smallest absolute Gasteiger partial charge is 0.156 e. The highest BCUT2D eigenvalue weighted by atomic mass is 32.2. The molecule has 2 heterocycles. The van der Waals surface area contributed by atoms with Gasteiger partial charge in [0.05, 0.1) is 6.54 Å². The first-order valence-corrected chi connectivity index (χ1v) is 8.24. The van der Waals surface area contributed by atoms with E-state index in [1.54, 1.807) is 0 Å². The van der Waals surface area contributed by atoms with Crippen molar-refractivity contribution in [3.05, 3.63) is 22.4 Å². The van der Waals surface area contributed by atoms with E-state index in [0.717, 1.165) is 18.3 Å². The Morgan fingerprint density at radius 2 is 2.28 bits per heavy atom. The minimum Gasteiger partial charge on any atom is -0.364 e. The molecule has 0 bridgehead atoms. The van der Waals surface area contributed by atoms with E-state index in [-0.39, 0.29) is 5.41 Å². The molecule has 2 rings (SSSR count). The number of nitrogens with zero attached hydrogens (tertiary/aromatic N) is 1. The van der Waals surface area contributed by atoms with Crippen LogP contribution in [-0.4, -0.2) is 23.5 Å². The van der Waals surface area contributed by atoms with Gasteiger partial charge in [0.1, 0.15) is 0 Å². The molecule has 1 aromatic rings. The minimum absolute atomic E-state index is 0.174. The highest BCUT2D eigenvalue weighted by Gasteiger charge is 2.26. The molecule has 4 heteroatoms. The summed E-state index contributed by atoms with van der Waals surface area (Å²) in [4.78, 5) is 6.02. The largest absolute Gasteiger partial charge is 0.364 e. The average Bonchev–Trinajstić information content (AvgIpc) is 2.98. The fraction of sp³-hybridized carbons (Fsp3) is 0.643. The summed E-state index contributed by atoms with van der Waals surface area (Å²) < 4.78 is 0. The third-order valence-electron chi connectivity index (χ3n) is 3.29. The van der Waals surface area contributed by atoms with Gasteiger partial charge >= 0.3 is 0 Å². The lowest BCUT2D eigenvalue weighted by molar-refractivity contribution is 0.525. The first kappa shape index (κ1) is 13.9. The quantitative estimate of drug-likeness (QED) is 0.909. The van der Waals surface area contributed by atoms with Gasteiger partial charge in [-0.2, -0.15) is 0 Å². The van der Waals surface area contributed by atoms with Gasteiger partial charge in [0.15, 0.2) is 5.17 Å². The zero-order valence-corrected chi connectivity index (χ0v) is 13.2.